The molecule has 1 aromatic rings. The number of hydrogen-bond acceptors (Lipinski definition) is 4. The Morgan fingerprint density at radius 2 is 2.13 bits per heavy atom. The van der Waals surface area contributed by atoms with Gasteiger partial charge in [0.2, 0.25) is 5.91 Å². The van der Waals surface area contributed by atoms with E-state index in [1.807, 2.05) is 19.1 Å². The van der Waals surface area contributed by atoms with Crippen molar-refractivity contribution in [3.63, 3.8) is 0 Å². The molecule has 23 heavy (non-hydrogen) atoms. The molecular formula is C18H29N3O2. The third kappa shape index (κ3) is 4.94. The minimum absolute atomic E-state index is 0.0565. The smallest absolute Gasteiger partial charge is 0.236 e. The second-order valence-electron chi connectivity index (χ2n) is 6.18. The summed E-state index contributed by atoms with van der Waals surface area (Å²) in [7, 11) is 1.68. The summed E-state index contributed by atoms with van der Waals surface area (Å²) in [6.45, 7) is 4.76. The van der Waals surface area contributed by atoms with Crippen LogP contribution in [-0.2, 0) is 4.79 Å². The van der Waals surface area contributed by atoms with Crippen molar-refractivity contribution in [2.75, 3.05) is 26.7 Å². The van der Waals surface area contributed by atoms with E-state index in [9.17, 15) is 4.79 Å². The second-order valence-corrected chi connectivity index (χ2v) is 6.18. The van der Waals surface area contributed by atoms with E-state index in [0.29, 0.717) is 6.54 Å². The molecule has 5 heteroatoms. The van der Waals surface area contributed by atoms with Crippen molar-refractivity contribution < 1.29 is 9.53 Å². The SMILES string of the molecule is CCCC(N)C(=O)NCC(c1cccc(OC)c1)N1CCCC1. The highest BCUT2D eigenvalue weighted by Gasteiger charge is 2.25. The van der Waals surface area contributed by atoms with Crippen LogP contribution in [0, 0.1) is 0 Å². The topological polar surface area (TPSA) is 67.6 Å². The number of nitrogens with two attached hydrogens (primary N) is 1. The van der Waals surface area contributed by atoms with Crippen LogP contribution >= 0.6 is 0 Å². The van der Waals surface area contributed by atoms with Crippen LogP contribution in [0.15, 0.2) is 24.3 Å². The molecule has 0 aromatic heterocycles. The van der Waals surface area contributed by atoms with Crippen molar-refractivity contribution in [1.82, 2.24) is 10.2 Å². The van der Waals surface area contributed by atoms with Crippen molar-refractivity contribution in [1.29, 1.82) is 0 Å². The number of carbonyl (C=O) groups excluding carboxylic acids is 1. The lowest BCUT2D eigenvalue weighted by molar-refractivity contribution is -0.122. The maximum absolute atomic E-state index is 12.1. The fourth-order valence-corrected chi connectivity index (χ4v) is 3.13. The Hall–Kier alpha value is -1.59. The van der Waals surface area contributed by atoms with Crippen LogP contribution in [0.3, 0.4) is 0 Å². The number of benzene rings is 1. The standard InChI is InChI=1S/C18H29N3O2/c1-3-7-16(19)18(22)20-13-17(21-10-4-5-11-21)14-8-6-9-15(12-14)23-2/h6,8-9,12,16-17H,3-5,7,10-11,13,19H2,1-2H3,(H,20,22). The van der Waals surface area contributed by atoms with E-state index >= 15 is 0 Å². The zero-order chi connectivity index (χ0) is 16.7. The molecule has 1 amide bonds. The zero-order valence-electron chi connectivity index (χ0n) is 14.3. The van der Waals surface area contributed by atoms with Gasteiger partial charge >= 0.3 is 0 Å². The molecule has 2 rings (SSSR count). The molecule has 1 fully saturated rings. The molecular weight excluding hydrogens is 290 g/mol. The van der Waals surface area contributed by atoms with Gasteiger partial charge in [-0.1, -0.05) is 25.5 Å². The number of nitrogens with zero attached hydrogens (tertiary/aromatic N) is 1. The molecule has 2 unspecified atom stereocenters. The van der Waals surface area contributed by atoms with Crippen LogP contribution in [0.5, 0.6) is 5.75 Å². The normalized spacial score (nSPS) is 17.7. The first-order valence-electron chi connectivity index (χ1n) is 8.57. The Labute approximate surface area is 139 Å². The van der Waals surface area contributed by atoms with Gasteiger partial charge in [-0.3, -0.25) is 9.69 Å². The van der Waals surface area contributed by atoms with E-state index in [1.54, 1.807) is 7.11 Å². The first-order chi connectivity index (χ1) is 11.2. The van der Waals surface area contributed by atoms with Gasteiger partial charge in [-0.05, 0) is 50.0 Å². The Bertz CT molecular complexity index is 501. The van der Waals surface area contributed by atoms with E-state index in [2.05, 4.69) is 22.3 Å². The molecule has 1 aliphatic heterocycles. The summed E-state index contributed by atoms with van der Waals surface area (Å²) < 4.78 is 5.34. The highest BCUT2D eigenvalue weighted by molar-refractivity contribution is 5.81. The molecule has 3 N–H and O–H groups in total. The molecule has 0 spiro atoms. The zero-order valence-corrected chi connectivity index (χ0v) is 14.3. The summed E-state index contributed by atoms with van der Waals surface area (Å²) in [6.07, 6.45) is 4.06. The van der Waals surface area contributed by atoms with Crippen LogP contribution in [0.2, 0.25) is 0 Å². The maximum Gasteiger partial charge on any atom is 0.236 e. The summed E-state index contributed by atoms with van der Waals surface area (Å²) in [5.74, 6) is 0.791. The molecule has 1 aromatic carbocycles. The summed E-state index contributed by atoms with van der Waals surface area (Å²) >= 11 is 0. The van der Waals surface area contributed by atoms with E-state index in [0.717, 1.165) is 31.7 Å². The van der Waals surface area contributed by atoms with Gasteiger partial charge in [0.15, 0.2) is 0 Å². The summed E-state index contributed by atoms with van der Waals surface area (Å²) in [5.41, 5.74) is 7.08. The van der Waals surface area contributed by atoms with E-state index in [4.69, 9.17) is 10.5 Å². The van der Waals surface area contributed by atoms with Gasteiger partial charge in [-0.15, -0.1) is 0 Å². The second kappa shape index (κ2) is 8.89. The molecule has 0 saturated carbocycles. The third-order valence-electron chi connectivity index (χ3n) is 4.47. The predicted octanol–water partition coefficient (Wildman–Crippen LogP) is 2.08. The van der Waals surface area contributed by atoms with Gasteiger partial charge in [-0.25, -0.2) is 0 Å². The fraction of sp³-hybridized carbons (Fsp3) is 0.611. The number of amides is 1. The Morgan fingerprint density at radius 1 is 1.39 bits per heavy atom. The average molecular weight is 319 g/mol. The monoisotopic (exact) mass is 319 g/mol. The number of rotatable bonds is 8. The van der Waals surface area contributed by atoms with Crippen molar-refractivity contribution in [2.45, 2.75) is 44.7 Å². The van der Waals surface area contributed by atoms with Crippen LogP contribution in [-0.4, -0.2) is 43.6 Å². The minimum Gasteiger partial charge on any atom is -0.497 e. The number of likely N-dealkylation sites (tertiary alicyclic amines) is 1. The first kappa shape index (κ1) is 17.8. The lowest BCUT2D eigenvalue weighted by Crippen LogP contribution is -2.44. The highest BCUT2D eigenvalue weighted by atomic mass is 16.5. The van der Waals surface area contributed by atoms with Crippen LogP contribution < -0.4 is 15.8 Å². The predicted molar refractivity (Wildman–Crippen MR) is 92.4 cm³/mol. The van der Waals surface area contributed by atoms with Gasteiger partial charge in [0.1, 0.15) is 5.75 Å². The van der Waals surface area contributed by atoms with Gasteiger partial charge < -0.3 is 15.8 Å². The Morgan fingerprint density at radius 3 is 2.78 bits per heavy atom. The van der Waals surface area contributed by atoms with E-state index in [-0.39, 0.29) is 11.9 Å². The largest absolute Gasteiger partial charge is 0.497 e. The van der Waals surface area contributed by atoms with Crippen LogP contribution in [0.4, 0.5) is 0 Å². The van der Waals surface area contributed by atoms with Gasteiger partial charge in [-0.2, -0.15) is 0 Å². The van der Waals surface area contributed by atoms with Gasteiger partial charge in [0.05, 0.1) is 19.2 Å². The molecule has 128 valence electrons. The number of nitrogens with one attached hydrogen (secondary N) is 1. The Kier molecular flexibility index (Phi) is 6.86. The number of hydrogen-bond donors (Lipinski definition) is 2. The number of methoxy groups -OCH3 is 1. The number of carbonyl (C=O) groups is 1. The van der Waals surface area contributed by atoms with Crippen LogP contribution in [0.25, 0.3) is 0 Å². The molecule has 2 atom stereocenters. The lowest BCUT2D eigenvalue weighted by atomic mass is 10.0. The summed E-state index contributed by atoms with van der Waals surface area (Å²) in [6, 6.07) is 7.86. The first-order valence-corrected chi connectivity index (χ1v) is 8.57. The number of ether oxygens (including phenoxy) is 1. The molecule has 0 aliphatic carbocycles. The average Bonchev–Trinajstić information content (AvgIpc) is 3.09. The van der Waals surface area contributed by atoms with E-state index < -0.39 is 6.04 Å². The molecule has 1 saturated heterocycles. The highest BCUT2D eigenvalue weighted by Crippen LogP contribution is 2.27. The Balaban J connectivity index is 2.06. The maximum atomic E-state index is 12.1. The van der Waals surface area contributed by atoms with E-state index in [1.165, 1.54) is 18.4 Å². The van der Waals surface area contributed by atoms with Crippen molar-refractivity contribution >= 4 is 5.91 Å². The van der Waals surface area contributed by atoms with Crippen molar-refractivity contribution in [3.05, 3.63) is 29.8 Å². The fourth-order valence-electron chi connectivity index (χ4n) is 3.13. The molecule has 1 heterocycles. The lowest BCUT2D eigenvalue weighted by Gasteiger charge is -2.29. The van der Waals surface area contributed by atoms with Crippen LogP contribution in [0.1, 0.15) is 44.2 Å². The summed E-state index contributed by atoms with van der Waals surface area (Å²) in [5, 5.41) is 3.03. The molecule has 0 radical (unpaired) electrons. The quantitative estimate of drug-likeness (QED) is 0.770. The summed E-state index contributed by atoms with van der Waals surface area (Å²) in [4.78, 5) is 14.6. The van der Waals surface area contributed by atoms with Crippen molar-refractivity contribution in [2.24, 2.45) is 5.73 Å². The molecule has 1 aliphatic rings. The van der Waals surface area contributed by atoms with Gasteiger partial charge in [0, 0.05) is 6.54 Å². The van der Waals surface area contributed by atoms with Gasteiger partial charge in [0.25, 0.3) is 0 Å². The third-order valence-corrected chi connectivity index (χ3v) is 4.47. The molecule has 5 nitrogen and oxygen atoms in total. The minimum atomic E-state index is -0.412. The van der Waals surface area contributed by atoms with Crippen molar-refractivity contribution in [3.8, 4) is 5.75 Å². The molecule has 0 bridgehead atoms.